The van der Waals surface area contributed by atoms with Crippen LogP contribution in [0.1, 0.15) is 22.8 Å². The average Bonchev–Trinajstić information content (AvgIpc) is 2.99. The summed E-state index contributed by atoms with van der Waals surface area (Å²) in [4.78, 5) is 39.7. The largest absolute Gasteiger partial charge is 0.497 e. The fourth-order valence-corrected chi connectivity index (χ4v) is 4.92. The van der Waals surface area contributed by atoms with Crippen LogP contribution >= 0.6 is 34.4 Å². The number of nitrogens with one attached hydrogen (secondary N) is 3. The van der Waals surface area contributed by atoms with E-state index in [4.69, 9.17) is 4.74 Å². The molecule has 0 aromatic heterocycles. The van der Waals surface area contributed by atoms with Crippen LogP contribution in [0.2, 0.25) is 0 Å². The summed E-state index contributed by atoms with van der Waals surface area (Å²) in [7, 11) is 1.56. The molecule has 3 N–H and O–H groups in total. The van der Waals surface area contributed by atoms with Crippen molar-refractivity contribution in [1.29, 1.82) is 0 Å². The van der Waals surface area contributed by atoms with Gasteiger partial charge in [0.1, 0.15) is 11.4 Å². The van der Waals surface area contributed by atoms with E-state index in [2.05, 4.69) is 38.5 Å². The normalized spacial score (nSPS) is 11.7. The highest BCUT2D eigenvalue weighted by Crippen LogP contribution is 2.26. The molecule has 41 heavy (non-hydrogen) atoms. The second kappa shape index (κ2) is 14.5. The molecule has 4 aromatic rings. The second-order valence-electron chi connectivity index (χ2n) is 8.89. The monoisotopic (exact) mass is 677 g/mol. The average molecular weight is 678 g/mol. The Bertz CT molecular complexity index is 1540. The lowest BCUT2D eigenvalue weighted by Gasteiger charge is -2.14. The Morgan fingerprint density at radius 1 is 0.829 bits per heavy atom. The molecular formula is C32H28IN3O4S. The SMILES string of the molecule is COc1cccc(/C=C(\NC(=O)c2ccccc2)C(=O)Nc2ccc(SC(C)C(=O)Nc3ccc(I)cc3)cc2)c1. The van der Waals surface area contributed by atoms with Gasteiger partial charge >= 0.3 is 0 Å². The van der Waals surface area contributed by atoms with E-state index in [0.29, 0.717) is 22.6 Å². The Hall–Kier alpha value is -4.09. The molecule has 9 heteroatoms. The van der Waals surface area contributed by atoms with Crippen molar-refractivity contribution < 1.29 is 19.1 Å². The zero-order valence-electron chi connectivity index (χ0n) is 22.4. The summed E-state index contributed by atoms with van der Waals surface area (Å²) < 4.78 is 6.38. The Kier molecular flexibility index (Phi) is 10.6. The van der Waals surface area contributed by atoms with E-state index >= 15 is 0 Å². The number of anilines is 2. The lowest BCUT2D eigenvalue weighted by atomic mass is 10.1. The van der Waals surface area contributed by atoms with Crippen LogP contribution in [0.25, 0.3) is 6.08 Å². The Balaban J connectivity index is 1.44. The molecule has 0 aliphatic carbocycles. The highest BCUT2D eigenvalue weighted by molar-refractivity contribution is 14.1. The highest BCUT2D eigenvalue weighted by Gasteiger charge is 2.17. The van der Waals surface area contributed by atoms with Crippen LogP contribution in [0, 0.1) is 3.57 Å². The van der Waals surface area contributed by atoms with E-state index in [9.17, 15) is 14.4 Å². The van der Waals surface area contributed by atoms with Crippen LogP contribution in [0.3, 0.4) is 0 Å². The minimum Gasteiger partial charge on any atom is -0.497 e. The van der Waals surface area contributed by atoms with Crippen molar-refractivity contribution in [2.24, 2.45) is 0 Å². The van der Waals surface area contributed by atoms with Gasteiger partial charge in [-0.1, -0.05) is 30.3 Å². The van der Waals surface area contributed by atoms with Crippen LogP contribution in [0.15, 0.2) is 114 Å². The molecule has 1 atom stereocenters. The molecule has 3 amide bonds. The standard InChI is InChI=1S/C32H28IN3O4S/c1-21(30(37)34-25-13-11-24(33)12-14-25)41-28-17-15-26(16-18-28)35-32(39)29(20-22-7-6-10-27(19-22)40-2)36-31(38)23-8-4-3-5-9-23/h3-21H,1-2H3,(H,34,37)(H,35,39)(H,36,38)/b29-20-. The van der Waals surface area contributed by atoms with Crippen molar-refractivity contribution in [3.8, 4) is 5.75 Å². The minimum absolute atomic E-state index is 0.0754. The van der Waals surface area contributed by atoms with Gasteiger partial charge in [-0.2, -0.15) is 0 Å². The molecule has 1 unspecified atom stereocenters. The fraction of sp³-hybridized carbons (Fsp3) is 0.0938. The number of thioether (sulfide) groups is 1. The molecule has 0 saturated heterocycles. The Labute approximate surface area is 256 Å². The molecule has 4 aromatic carbocycles. The summed E-state index contributed by atoms with van der Waals surface area (Å²) in [6.07, 6.45) is 1.59. The number of ether oxygens (including phenoxy) is 1. The first-order valence-corrected chi connectivity index (χ1v) is 14.6. The number of amides is 3. The van der Waals surface area contributed by atoms with Gasteiger partial charge in [-0.3, -0.25) is 14.4 Å². The summed E-state index contributed by atoms with van der Waals surface area (Å²) in [6, 6.07) is 30.7. The number of benzene rings is 4. The number of carbonyl (C=O) groups is 3. The van der Waals surface area contributed by atoms with E-state index in [0.717, 1.165) is 14.2 Å². The second-order valence-corrected chi connectivity index (χ2v) is 11.5. The number of halogens is 1. The zero-order valence-corrected chi connectivity index (χ0v) is 25.4. The number of methoxy groups -OCH3 is 1. The van der Waals surface area contributed by atoms with Crippen LogP contribution < -0.4 is 20.7 Å². The molecule has 0 fully saturated rings. The summed E-state index contributed by atoms with van der Waals surface area (Å²) in [5.41, 5.74) is 2.48. The van der Waals surface area contributed by atoms with Gasteiger partial charge in [0.05, 0.1) is 12.4 Å². The number of hydrogen-bond acceptors (Lipinski definition) is 5. The van der Waals surface area contributed by atoms with E-state index < -0.39 is 11.8 Å². The number of carbonyl (C=O) groups excluding carboxylic acids is 3. The first-order chi connectivity index (χ1) is 19.8. The number of rotatable bonds is 10. The predicted octanol–water partition coefficient (Wildman–Crippen LogP) is 6.83. The van der Waals surface area contributed by atoms with Crippen LogP contribution in [-0.4, -0.2) is 30.1 Å². The smallest absolute Gasteiger partial charge is 0.272 e. The summed E-state index contributed by atoms with van der Waals surface area (Å²) in [5, 5.41) is 8.17. The fourth-order valence-electron chi connectivity index (χ4n) is 3.69. The molecule has 4 rings (SSSR count). The maximum atomic E-state index is 13.3. The van der Waals surface area contributed by atoms with Crippen molar-refractivity contribution in [2.45, 2.75) is 17.1 Å². The first kappa shape index (κ1) is 29.9. The molecule has 0 aliphatic rings. The summed E-state index contributed by atoms with van der Waals surface area (Å²) in [6.45, 7) is 1.84. The topological polar surface area (TPSA) is 96.5 Å². The van der Waals surface area contributed by atoms with Crippen LogP contribution in [0.5, 0.6) is 5.75 Å². The lowest BCUT2D eigenvalue weighted by molar-refractivity contribution is -0.115. The molecule has 0 heterocycles. The van der Waals surface area contributed by atoms with Crippen molar-refractivity contribution in [3.05, 3.63) is 124 Å². The molecule has 0 aliphatic heterocycles. The highest BCUT2D eigenvalue weighted by atomic mass is 127. The van der Waals surface area contributed by atoms with Gasteiger partial charge < -0.3 is 20.7 Å². The first-order valence-electron chi connectivity index (χ1n) is 12.7. The molecule has 0 bridgehead atoms. The maximum absolute atomic E-state index is 13.3. The maximum Gasteiger partial charge on any atom is 0.272 e. The van der Waals surface area contributed by atoms with Crippen LogP contribution in [-0.2, 0) is 9.59 Å². The lowest BCUT2D eigenvalue weighted by Crippen LogP contribution is -2.30. The van der Waals surface area contributed by atoms with E-state index in [1.165, 1.54) is 11.8 Å². The van der Waals surface area contributed by atoms with Gasteiger partial charge in [-0.05, 0) is 114 Å². The van der Waals surface area contributed by atoms with Gasteiger partial charge in [0, 0.05) is 25.4 Å². The van der Waals surface area contributed by atoms with Gasteiger partial charge in [-0.25, -0.2) is 0 Å². The zero-order chi connectivity index (χ0) is 29.2. The summed E-state index contributed by atoms with van der Waals surface area (Å²) in [5.74, 6) is -0.362. The number of hydrogen-bond donors (Lipinski definition) is 3. The molecule has 208 valence electrons. The molecule has 7 nitrogen and oxygen atoms in total. The van der Waals surface area contributed by atoms with Crippen molar-refractivity contribution in [3.63, 3.8) is 0 Å². The predicted molar refractivity (Wildman–Crippen MR) is 173 cm³/mol. The Morgan fingerprint density at radius 3 is 2.17 bits per heavy atom. The molecule has 0 spiro atoms. The summed E-state index contributed by atoms with van der Waals surface area (Å²) >= 11 is 3.63. The van der Waals surface area contributed by atoms with Gasteiger partial charge in [0.15, 0.2) is 0 Å². The molecular weight excluding hydrogens is 649 g/mol. The third-order valence-corrected chi connectivity index (χ3v) is 7.67. The minimum atomic E-state index is -0.484. The van der Waals surface area contributed by atoms with Crippen molar-refractivity contribution in [1.82, 2.24) is 5.32 Å². The van der Waals surface area contributed by atoms with E-state index in [1.54, 1.807) is 67.8 Å². The van der Waals surface area contributed by atoms with Gasteiger partial charge in [0.2, 0.25) is 5.91 Å². The quantitative estimate of drug-likeness (QED) is 0.0973. The third-order valence-electron chi connectivity index (χ3n) is 5.84. The van der Waals surface area contributed by atoms with Crippen molar-refractivity contribution >= 4 is 69.5 Å². The van der Waals surface area contributed by atoms with E-state index in [1.807, 2.05) is 55.5 Å². The third kappa shape index (κ3) is 8.95. The van der Waals surface area contributed by atoms with E-state index in [-0.39, 0.29) is 16.9 Å². The molecule has 0 radical (unpaired) electrons. The van der Waals surface area contributed by atoms with Crippen molar-refractivity contribution in [2.75, 3.05) is 17.7 Å². The Morgan fingerprint density at radius 2 is 1.49 bits per heavy atom. The van der Waals surface area contributed by atoms with Gasteiger partial charge in [0.25, 0.3) is 11.8 Å². The molecule has 0 saturated carbocycles. The van der Waals surface area contributed by atoms with Crippen LogP contribution in [0.4, 0.5) is 11.4 Å². The van der Waals surface area contributed by atoms with Gasteiger partial charge in [-0.15, -0.1) is 11.8 Å².